The van der Waals surface area contributed by atoms with E-state index in [1.807, 2.05) is 7.05 Å². The first-order chi connectivity index (χ1) is 15.4. The van der Waals surface area contributed by atoms with Crippen LogP contribution in [0.1, 0.15) is 91.9 Å². The second-order valence-electron chi connectivity index (χ2n) is 11.8. The number of fused-ring (bicyclic) bond motifs is 3. The van der Waals surface area contributed by atoms with Crippen LogP contribution in [0.5, 0.6) is 0 Å². The van der Waals surface area contributed by atoms with Crippen molar-refractivity contribution in [3.05, 3.63) is 12.7 Å². The van der Waals surface area contributed by atoms with Crippen LogP contribution in [0.25, 0.3) is 0 Å². The van der Waals surface area contributed by atoms with Crippen molar-refractivity contribution < 1.29 is 0 Å². The molecule has 3 rings (SSSR count). The van der Waals surface area contributed by atoms with Crippen molar-refractivity contribution in [2.24, 2.45) is 45.4 Å². The zero-order valence-corrected chi connectivity index (χ0v) is 22.0. The smallest absolute Gasteiger partial charge is 0.0400 e. The molecule has 3 nitrogen and oxygen atoms in total. The molecule has 3 aliphatic carbocycles. The van der Waals surface area contributed by atoms with E-state index in [-0.39, 0.29) is 0 Å². The fraction of sp³-hybridized carbons (Fsp3) is 0.897. The van der Waals surface area contributed by atoms with Gasteiger partial charge in [0, 0.05) is 31.3 Å². The van der Waals surface area contributed by atoms with E-state index in [0.717, 1.165) is 56.3 Å². The number of allylic oxidation sites excluding steroid dienone is 1. The van der Waals surface area contributed by atoms with Gasteiger partial charge in [0.15, 0.2) is 0 Å². The predicted octanol–water partition coefficient (Wildman–Crippen LogP) is 6.50. The Morgan fingerprint density at radius 2 is 1.88 bits per heavy atom. The summed E-state index contributed by atoms with van der Waals surface area (Å²) < 4.78 is 0. The van der Waals surface area contributed by atoms with Crippen molar-refractivity contribution >= 4 is 5.71 Å². The minimum Gasteiger partial charge on any atom is -0.318 e. The highest BCUT2D eigenvalue weighted by molar-refractivity contribution is 5.85. The van der Waals surface area contributed by atoms with Gasteiger partial charge < -0.3 is 10.6 Å². The number of aliphatic imine (C=N–C) groups is 1. The van der Waals surface area contributed by atoms with Crippen molar-refractivity contribution in [2.45, 2.75) is 91.9 Å². The topological polar surface area (TPSA) is 36.4 Å². The Bertz CT molecular complexity index is 628. The standard InChI is InChI=1S/C29H53N3/c1-7-10-23-11-12-24-26-14-13-25(22(3)32-19-9-18-31-21-20-30-6)29(26,5)17-15-27(24)28(23,4)16-8-2/h7,23-27,30-31H,1,8-21H2,2-6H3/b32-22+. The molecule has 0 aliphatic heterocycles. The van der Waals surface area contributed by atoms with Crippen molar-refractivity contribution in [3.63, 3.8) is 0 Å². The normalized spacial score (nSPS) is 39.5. The van der Waals surface area contributed by atoms with Gasteiger partial charge in [-0.1, -0.05) is 33.3 Å². The summed E-state index contributed by atoms with van der Waals surface area (Å²) in [7, 11) is 2.01. The Morgan fingerprint density at radius 1 is 1.06 bits per heavy atom. The molecule has 32 heavy (non-hydrogen) atoms. The van der Waals surface area contributed by atoms with Gasteiger partial charge in [-0.3, -0.25) is 4.99 Å². The minimum atomic E-state index is 0.484. The molecular weight excluding hydrogens is 390 g/mol. The molecule has 0 heterocycles. The van der Waals surface area contributed by atoms with Crippen LogP contribution in [0, 0.1) is 40.4 Å². The Kier molecular flexibility index (Phi) is 9.44. The Morgan fingerprint density at radius 3 is 2.59 bits per heavy atom. The van der Waals surface area contributed by atoms with E-state index < -0.39 is 0 Å². The van der Waals surface area contributed by atoms with Gasteiger partial charge in [-0.25, -0.2) is 0 Å². The van der Waals surface area contributed by atoms with Crippen molar-refractivity contribution in [3.8, 4) is 0 Å². The monoisotopic (exact) mass is 443 g/mol. The summed E-state index contributed by atoms with van der Waals surface area (Å²) in [6.07, 6.45) is 15.9. The molecule has 7 unspecified atom stereocenters. The summed E-state index contributed by atoms with van der Waals surface area (Å²) in [6, 6.07) is 0. The molecule has 184 valence electrons. The molecule has 2 N–H and O–H groups in total. The number of likely N-dealkylation sites (N-methyl/N-ethyl adjacent to an activating group) is 1. The van der Waals surface area contributed by atoms with Crippen LogP contribution in [0.15, 0.2) is 17.6 Å². The molecule has 0 radical (unpaired) electrons. The predicted molar refractivity (Wildman–Crippen MR) is 140 cm³/mol. The van der Waals surface area contributed by atoms with Gasteiger partial charge in [-0.15, -0.1) is 6.58 Å². The van der Waals surface area contributed by atoms with Gasteiger partial charge >= 0.3 is 0 Å². The molecule has 3 aliphatic rings. The van der Waals surface area contributed by atoms with Crippen molar-refractivity contribution in [2.75, 3.05) is 33.2 Å². The number of nitrogens with zero attached hydrogens (tertiary/aromatic N) is 1. The average Bonchev–Trinajstić information content (AvgIpc) is 3.12. The van der Waals surface area contributed by atoms with Gasteiger partial charge in [-0.2, -0.15) is 0 Å². The number of nitrogens with one attached hydrogen (secondary N) is 2. The lowest BCUT2D eigenvalue weighted by Crippen LogP contribution is -2.52. The number of rotatable bonds is 12. The van der Waals surface area contributed by atoms with E-state index >= 15 is 0 Å². The lowest BCUT2D eigenvalue weighted by molar-refractivity contribution is -0.0941. The van der Waals surface area contributed by atoms with E-state index in [1.54, 1.807) is 0 Å². The summed E-state index contributed by atoms with van der Waals surface area (Å²) in [4.78, 5) is 5.11. The molecule has 0 aromatic rings. The van der Waals surface area contributed by atoms with E-state index in [9.17, 15) is 0 Å². The first-order valence-corrected chi connectivity index (χ1v) is 13.9. The van der Waals surface area contributed by atoms with E-state index in [0.29, 0.717) is 16.7 Å². The first kappa shape index (κ1) is 25.9. The molecule has 7 atom stereocenters. The fourth-order valence-corrected chi connectivity index (χ4v) is 8.65. The first-order valence-electron chi connectivity index (χ1n) is 13.9. The van der Waals surface area contributed by atoms with Crippen LogP contribution in [-0.2, 0) is 0 Å². The van der Waals surface area contributed by atoms with E-state index in [2.05, 4.69) is 51.0 Å². The van der Waals surface area contributed by atoms with Gasteiger partial charge in [0.05, 0.1) is 0 Å². The molecule has 0 saturated heterocycles. The van der Waals surface area contributed by atoms with Gasteiger partial charge in [0.25, 0.3) is 0 Å². The highest BCUT2D eigenvalue weighted by Gasteiger charge is 2.59. The molecule has 3 saturated carbocycles. The quantitative estimate of drug-likeness (QED) is 0.205. The van der Waals surface area contributed by atoms with Crippen LogP contribution in [-0.4, -0.2) is 38.9 Å². The summed E-state index contributed by atoms with van der Waals surface area (Å²) >= 11 is 0. The third kappa shape index (κ3) is 5.19. The highest BCUT2D eigenvalue weighted by Crippen LogP contribution is 2.66. The minimum absolute atomic E-state index is 0.484. The maximum absolute atomic E-state index is 5.11. The van der Waals surface area contributed by atoms with Crippen LogP contribution in [0.2, 0.25) is 0 Å². The molecule has 3 heteroatoms. The van der Waals surface area contributed by atoms with Crippen molar-refractivity contribution in [1.29, 1.82) is 0 Å². The Labute approximate surface area is 199 Å². The van der Waals surface area contributed by atoms with Crippen LogP contribution in [0.4, 0.5) is 0 Å². The lowest BCUT2D eigenvalue weighted by atomic mass is 9.46. The van der Waals surface area contributed by atoms with Crippen LogP contribution in [0.3, 0.4) is 0 Å². The Balaban J connectivity index is 1.65. The van der Waals surface area contributed by atoms with Gasteiger partial charge in [0.1, 0.15) is 0 Å². The van der Waals surface area contributed by atoms with Crippen LogP contribution < -0.4 is 10.6 Å². The summed E-state index contributed by atoms with van der Waals surface area (Å²) in [5, 5.41) is 6.70. The fourth-order valence-electron chi connectivity index (χ4n) is 8.65. The highest BCUT2D eigenvalue weighted by atomic mass is 14.9. The van der Waals surface area contributed by atoms with Gasteiger partial charge in [-0.05, 0) is 113 Å². The lowest BCUT2D eigenvalue weighted by Gasteiger charge is -2.59. The van der Waals surface area contributed by atoms with E-state index in [1.165, 1.54) is 63.5 Å². The third-order valence-corrected chi connectivity index (χ3v) is 10.2. The summed E-state index contributed by atoms with van der Waals surface area (Å²) in [5.74, 6) is 4.36. The molecular formula is C29H53N3. The SMILES string of the molecule is C=CCC1CCC2C(CCC3(C)C(/C(C)=N/CCCNCCNC)CCC23)C1(C)CCC. The van der Waals surface area contributed by atoms with Gasteiger partial charge in [0.2, 0.25) is 0 Å². The molecule has 0 spiro atoms. The Hall–Kier alpha value is -0.670. The van der Waals surface area contributed by atoms with E-state index in [4.69, 9.17) is 4.99 Å². The van der Waals surface area contributed by atoms with Crippen molar-refractivity contribution in [1.82, 2.24) is 10.6 Å². The third-order valence-electron chi connectivity index (χ3n) is 10.2. The maximum Gasteiger partial charge on any atom is 0.0400 e. The summed E-state index contributed by atoms with van der Waals surface area (Å²) in [5.41, 5.74) is 2.47. The molecule has 0 bridgehead atoms. The molecule has 0 aromatic carbocycles. The molecule has 0 amide bonds. The second-order valence-corrected chi connectivity index (χ2v) is 11.8. The maximum atomic E-state index is 5.11. The zero-order valence-electron chi connectivity index (χ0n) is 22.0. The molecule has 3 fully saturated rings. The average molecular weight is 444 g/mol. The number of hydrogen-bond donors (Lipinski definition) is 2. The largest absolute Gasteiger partial charge is 0.318 e. The second kappa shape index (κ2) is 11.6. The number of hydrogen-bond acceptors (Lipinski definition) is 3. The van der Waals surface area contributed by atoms with Crippen LogP contribution >= 0.6 is 0 Å². The zero-order chi connectivity index (χ0) is 23.2. The molecule has 0 aromatic heterocycles. The summed E-state index contributed by atoms with van der Waals surface area (Å²) in [6.45, 7) is 18.3.